The van der Waals surface area contributed by atoms with E-state index in [1.165, 1.54) is 12.1 Å². The Morgan fingerprint density at radius 3 is 2.76 bits per heavy atom. The predicted octanol–water partition coefficient (Wildman–Crippen LogP) is 1.56. The van der Waals surface area contributed by atoms with Crippen molar-refractivity contribution in [2.24, 2.45) is 5.73 Å². The molecule has 1 unspecified atom stereocenters. The minimum atomic E-state index is -3.70. The van der Waals surface area contributed by atoms with E-state index >= 15 is 0 Å². The Morgan fingerprint density at radius 1 is 1.48 bits per heavy atom. The van der Waals surface area contributed by atoms with Crippen LogP contribution in [0.4, 0.5) is 4.39 Å². The van der Waals surface area contributed by atoms with Crippen LogP contribution in [0.25, 0.3) is 0 Å². The molecule has 0 aliphatic rings. The van der Waals surface area contributed by atoms with E-state index in [2.05, 4.69) is 16.6 Å². The zero-order valence-corrected chi connectivity index (χ0v) is 13.7. The van der Waals surface area contributed by atoms with Crippen LogP contribution in [0, 0.1) is 17.7 Å². The van der Waals surface area contributed by atoms with Gasteiger partial charge in [0.2, 0.25) is 10.0 Å². The average Bonchev–Trinajstić information content (AvgIpc) is 2.45. The Bertz CT molecular complexity index is 636. The molecule has 1 aromatic rings. The van der Waals surface area contributed by atoms with E-state index in [0.29, 0.717) is 18.2 Å². The van der Waals surface area contributed by atoms with Crippen molar-refractivity contribution in [2.75, 3.05) is 19.3 Å². The highest BCUT2D eigenvalue weighted by Gasteiger charge is 2.15. The summed E-state index contributed by atoms with van der Waals surface area (Å²) in [4.78, 5) is -0.102. The van der Waals surface area contributed by atoms with Gasteiger partial charge in [-0.05, 0) is 30.9 Å². The van der Waals surface area contributed by atoms with Gasteiger partial charge in [-0.3, -0.25) is 0 Å². The lowest BCUT2D eigenvalue weighted by molar-refractivity contribution is 0.575. The predicted molar refractivity (Wildman–Crippen MR) is 85.1 cm³/mol. The highest BCUT2D eigenvalue weighted by molar-refractivity contribution is 7.99. The molecule has 7 heteroatoms. The fourth-order valence-electron chi connectivity index (χ4n) is 1.51. The number of hydrogen-bond acceptors (Lipinski definition) is 4. The van der Waals surface area contributed by atoms with E-state index in [4.69, 9.17) is 5.73 Å². The van der Waals surface area contributed by atoms with Crippen molar-refractivity contribution < 1.29 is 12.8 Å². The number of sulfonamides is 1. The Kier molecular flexibility index (Phi) is 7.18. The second-order valence-corrected chi connectivity index (χ2v) is 7.42. The third-order valence-corrected chi connectivity index (χ3v) is 5.32. The van der Waals surface area contributed by atoms with Crippen LogP contribution in [0.5, 0.6) is 0 Å². The van der Waals surface area contributed by atoms with E-state index in [-0.39, 0.29) is 17.0 Å². The summed E-state index contributed by atoms with van der Waals surface area (Å²) in [6, 6.07) is 3.65. The van der Waals surface area contributed by atoms with Gasteiger partial charge in [-0.2, -0.15) is 11.8 Å². The first-order valence-corrected chi connectivity index (χ1v) is 9.18. The van der Waals surface area contributed by atoms with Crippen LogP contribution in [-0.2, 0) is 10.0 Å². The minimum Gasteiger partial charge on any atom is -0.320 e. The second-order valence-electron chi connectivity index (χ2n) is 4.38. The van der Waals surface area contributed by atoms with Crippen LogP contribution in [0.15, 0.2) is 23.1 Å². The smallest absolute Gasteiger partial charge is 0.240 e. The van der Waals surface area contributed by atoms with E-state index in [1.807, 2.05) is 13.2 Å². The molecular weight excluding hydrogens is 311 g/mol. The molecule has 0 heterocycles. The molecule has 1 aromatic carbocycles. The van der Waals surface area contributed by atoms with Gasteiger partial charge in [-0.25, -0.2) is 17.5 Å². The molecule has 3 N–H and O–H groups in total. The number of rotatable bonds is 6. The SMILES string of the molecule is CSC(C)CCNS(=O)(=O)c1ccc(C#CCN)c(F)c1. The van der Waals surface area contributed by atoms with Crippen LogP contribution in [-0.4, -0.2) is 33.0 Å². The molecule has 1 atom stereocenters. The first-order chi connectivity index (χ1) is 9.90. The van der Waals surface area contributed by atoms with Crippen molar-refractivity contribution in [1.82, 2.24) is 4.72 Å². The summed E-state index contributed by atoms with van der Waals surface area (Å²) in [5.41, 5.74) is 5.35. The molecule has 0 aliphatic carbocycles. The number of hydrogen-bond donors (Lipinski definition) is 2. The fourth-order valence-corrected chi connectivity index (χ4v) is 2.92. The third-order valence-electron chi connectivity index (χ3n) is 2.82. The van der Waals surface area contributed by atoms with Gasteiger partial charge >= 0.3 is 0 Å². The van der Waals surface area contributed by atoms with Crippen molar-refractivity contribution in [2.45, 2.75) is 23.5 Å². The van der Waals surface area contributed by atoms with Crippen LogP contribution in [0.2, 0.25) is 0 Å². The number of halogens is 1. The van der Waals surface area contributed by atoms with E-state index in [9.17, 15) is 12.8 Å². The van der Waals surface area contributed by atoms with Gasteiger partial charge in [-0.15, -0.1) is 0 Å². The van der Waals surface area contributed by atoms with Gasteiger partial charge in [0.1, 0.15) is 5.82 Å². The van der Waals surface area contributed by atoms with Crippen LogP contribution < -0.4 is 10.5 Å². The largest absolute Gasteiger partial charge is 0.320 e. The highest BCUT2D eigenvalue weighted by atomic mass is 32.2. The van der Waals surface area contributed by atoms with Crippen molar-refractivity contribution in [1.29, 1.82) is 0 Å². The number of nitrogens with one attached hydrogen (secondary N) is 1. The lowest BCUT2D eigenvalue weighted by atomic mass is 10.2. The van der Waals surface area contributed by atoms with Crippen LogP contribution in [0.3, 0.4) is 0 Å². The first-order valence-electron chi connectivity index (χ1n) is 6.41. The van der Waals surface area contributed by atoms with E-state index < -0.39 is 15.8 Å². The summed E-state index contributed by atoms with van der Waals surface area (Å²) in [6.07, 6.45) is 2.68. The highest BCUT2D eigenvalue weighted by Crippen LogP contribution is 2.15. The average molecular weight is 330 g/mol. The van der Waals surface area contributed by atoms with E-state index in [0.717, 1.165) is 6.07 Å². The molecule has 0 saturated carbocycles. The third kappa shape index (κ3) is 5.67. The molecular formula is C14H19FN2O2S2. The maximum atomic E-state index is 13.8. The van der Waals surface area contributed by atoms with Crippen LogP contribution >= 0.6 is 11.8 Å². The van der Waals surface area contributed by atoms with Gasteiger partial charge < -0.3 is 5.73 Å². The summed E-state index contributed by atoms with van der Waals surface area (Å²) in [5.74, 6) is 4.41. The molecule has 1 rings (SSSR count). The lowest BCUT2D eigenvalue weighted by Crippen LogP contribution is -2.26. The van der Waals surface area contributed by atoms with Crippen molar-refractivity contribution >= 4 is 21.8 Å². The van der Waals surface area contributed by atoms with Gasteiger partial charge in [0.25, 0.3) is 0 Å². The summed E-state index contributed by atoms with van der Waals surface area (Å²) in [5, 5.41) is 0.360. The van der Waals surface area contributed by atoms with Crippen molar-refractivity contribution in [3.63, 3.8) is 0 Å². The molecule has 21 heavy (non-hydrogen) atoms. The zero-order valence-electron chi connectivity index (χ0n) is 12.0. The Hall–Kier alpha value is -1.07. The summed E-state index contributed by atoms with van der Waals surface area (Å²) in [6.45, 7) is 2.46. The van der Waals surface area contributed by atoms with Crippen molar-refractivity contribution in [3.05, 3.63) is 29.6 Å². The standard InChI is InChI=1S/C14H19FN2O2S2/c1-11(20-2)7-9-17-21(18,19)13-6-5-12(4-3-8-16)14(15)10-13/h5-6,10-11,17H,7-9,16H2,1-2H3. The summed E-state index contributed by atoms with van der Waals surface area (Å²) < 4.78 is 40.3. The first kappa shape index (κ1) is 18.0. The normalized spacial score (nSPS) is 12.6. The van der Waals surface area contributed by atoms with Crippen LogP contribution in [0.1, 0.15) is 18.9 Å². The molecule has 0 saturated heterocycles. The molecule has 116 valence electrons. The molecule has 0 amide bonds. The monoisotopic (exact) mass is 330 g/mol. The molecule has 0 fully saturated rings. The fraction of sp³-hybridized carbons (Fsp3) is 0.429. The maximum absolute atomic E-state index is 13.8. The van der Waals surface area contributed by atoms with E-state index in [1.54, 1.807) is 11.8 Å². The number of thioether (sulfide) groups is 1. The quantitative estimate of drug-likeness (QED) is 0.777. The Balaban J connectivity index is 2.82. The maximum Gasteiger partial charge on any atom is 0.240 e. The topological polar surface area (TPSA) is 72.2 Å². The summed E-state index contributed by atoms with van der Waals surface area (Å²) >= 11 is 1.66. The molecule has 0 spiro atoms. The Labute approximate surface area is 129 Å². The molecule has 0 aromatic heterocycles. The minimum absolute atomic E-state index is 0.102. The van der Waals surface area contributed by atoms with Crippen molar-refractivity contribution in [3.8, 4) is 11.8 Å². The van der Waals surface area contributed by atoms with Gasteiger partial charge in [0.15, 0.2) is 0 Å². The Morgan fingerprint density at radius 2 is 2.19 bits per heavy atom. The summed E-state index contributed by atoms with van der Waals surface area (Å²) in [7, 11) is -3.70. The van der Waals surface area contributed by atoms with Gasteiger partial charge in [0, 0.05) is 11.8 Å². The molecule has 0 aliphatic heterocycles. The molecule has 0 radical (unpaired) electrons. The molecule has 0 bridgehead atoms. The number of benzene rings is 1. The second kappa shape index (κ2) is 8.39. The van der Waals surface area contributed by atoms with Gasteiger partial charge in [0.05, 0.1) is 17.0 Å². The lowest BCUT2D eigenvalue weighted by Gasteiger charge is -2.10. The number of nitrogens with two attached hydrogens (primary N) is 1. The molecule has 4 nitrogen and oxygen atoms in total. The van der Waals surface area contributed by atoms with Gasteiger partial charge in [-0.1, -0.05) is 18.8 Å². The zero-order chi connectivity index (χ0) is 15.9.